The number of carbonyl (C=O) groups is 2. The monoisotopic (exact) mass is 496 g/mol. The minimum atomic E-state index is -3.60. The fourth-order valence-electron chi connectivity index (χ4n) is 3.54. The van der Waals surface area contributed by atoms with Gasteiger partial charge in [0.15, 0.2) is 12.8 Å². The maximum absolute atomic E-state index is 12.9. The third-order valence-electron chi connectivity index (χ3n) is 5.12. The predicted octanol–water partition coefficient (Wildman–Crippen LogP) is 0.446. The van der Waals surface area contributed by atoms with Crippen LogP contribution in [0, 0.1) is 6.92 Å². The van der Waals surface area contributed by atoms with Crippen molar-refractivity contribution < 1.29 is 32.3 Å². The van der Waals surface area contributed by atoms with Gasteiger partial charge in [-0.05, 0) is 52.3 Å². The van der Waals surface area contributed by atoms with Crippen LogP contribution in [0.25, 0.3) is 0 Å². The van der Waals surface area contributed by atoms with Gasteiger partial charge in [0, 0.05) is 24.4 Å². The van der Waals surface area contributed by atoms with Gasteiger partial charge >= 0.3 is 16.2 Å². The Bertz CT molecular complexity index is 1060. The van der Waals surface area contributed by atoms with Crippen molar-refractivity contribution >= 4 is 34.0 Å². The topological polar surface area (TPSA) is 134 Å². The fraction of sp³-hybridized carbons (Fsp3) is 0.522. The maximum atomic E-state index is 12.9. The fourth-order valence-corrected chi connectivity index (χ4v) is 3.99. The summed E-state index contributed by atoms with van der Waals surface area (Å²) >= 11 is 0. The molecule has 1 aromatic carbocycles. The Balaban J connectivity index is 2.30. The van der Waals surface area contributed by atoms with Gasteiger partial charge in [-0.3, -0.25) is 10.2 Å². The van der Waals surface area contributed by atoms with E-state index < -0.39 is 27.9 Å². The van der Waals surface area contributed by atoms with Gasteiger partial charge < -0.3 is 24.0 Å². The molecule has 1 atom stereocenters. The molecule has 1 saturated heterocycles. The Morgan fingerprint density at radius 1 is 1.29 bits per heavy atom. The first-order valence-corrected chi connectivity index (χ1v) is 12.8. The number of nitrogens with zero attached hydrogens (tertiary/aromatic N) is 2. The predicted molar refractivity (Wildman–Crippen MR) is 131 cm³/mol. The summed E-state index contributed by atoms with van der Waals surface area (Å²) < 4.78 is 32.6. The molecule has 0 saturated carbocycles. The highest BCUT2D eigenvalue weighted by Crippen LogP contribution is 2.21. The largest absolute Gasteiger partial charge is 0.444 e. The number of hydrogen-bond acceptors (Lipinski definition) is 6. The molecule has 10 nitrogen and oxygen atoms in total. The van der Waals surface area contributed by atoms with Crippen molar-refractivity contribution in [2.75, 3.05) is 37.8 Å². The van der Waals surface area contributed by atoms with Crippen molar-refractivity contribution in [2.24, 2.45) is 0 Å². The molecule has 0 spiro atoms. The Labute approximate surface area is 201 Å². The number of ether oxygens (including phenoxy) is 1. The summed E-state index contributed by atoms with van der Waals surface area (Å²) in [4.78, 5) is 28.9. The molecule has 2 rings (SSSR count). The number of benzene rings is 1. The second kappa shape index (κ2) is 11.0. The lowest BCUT2D eigenvalue weighted by atomic mass is 10.1. The maximum Gasteiger partial charge on any atom is 0.410 e. The summed E-state index contributed by atoms with van der Waals surface area (Å²) in [5, 5.41) is 8.78. The van der Waals surface area contributed by atoms with Crippen LogP contribution in [-0.2, 0) is 19.6 Å². The number of hydrogen-bond donors (Lipinski definition) is 2. The molecular formula is C23H36N4O6S+2. The lowest BCUT2D eigenvalue weighted by molar-refractivity contribution is -0.114. The number of aliphatic hydroxyl groups is 1. The van der Waals surface area contributed by atoms with Crippen LogP contribution in [0.5, 0.6) is 0 Å². The highest BCUT2D eigenvalue weighted by molar-refractivity contribution is 7.85. The third-order valence-corrected chi connectivity index (χ3v) is 5.74. The first kappa shape index (κ1) is 27.3. The van der Waals surface area contributed by atoms with Gasteiger partial charge in [0.05, 0.1) is 6.54 Å². The quantitative estimate of drug-likeness (QED) is 0.185. The Morgan fingerprint density at radius 2 is 1.97 bits per heavy atom. The Kier molecular flexibility index (Phi) is 8.84. The molecule has 1 fully saturated rings. The molecule has 34 heavy (non-hydrogen) atoms. The number of piperazine rings is 1. The molecule has 1 unspecified atom stereocenters. The molecule has 1 heterocycles. The molecule has 0 aromatic heterocycles. The van der Waals surface area contributed by atoms with Crippen molar-refractivity contribution in [1.29, 1.82) is 0 Å². The van der Waals surface area contributed by atoms with E-state index in [0.29, 0.717) is 30.0 Å². The third kappa shape index (κ3) is 8.14. The van der Waals surface area contributed by atoms with Gasteiger partial charge in [-0.2, -0.15) is 8.42 Å². The first-order chi connectivity index (χ1) is 15.7. The Hall–Kier alpha value is -2.92. The van der Waals surface area contributed by atoms with Gasteiger partial charge in [-0.15, -0.1) is 0 Å². The van der Waals surface area contributed by atoms with Crippen LogP contribution in [0.1, 0.15) is 33.3 Å². The number of aryl methyl sites for hydroxylation is 1. The lowest BCUT2D eigenvalue weighted by Gasteiger charge is -2.41. The summed E-state index contributed by atoms with van der Waals surface area (Å²) in [6.45, 7) is 9.61. The van der Waals surface area contributed by atoms with Crippen LogP contribution in [-0.4, -0.2) is 84.8 Å². The van der Waals surface area contributed by atoms with E-state index in [1.165, 1.54) is 11.1 Å². The molecule has 1 aliphatic heterocycles. The molecule has 0 bridgehead atoms. The SMILES string of the molecule is C/C(C(=O)Nc1cccc(C)c1)=C(/C=[NH2+])N1CCN(C(=O)OC(C)(C)C)CC1C[OH+]S(C)(=O)=O. The number of carbonyl (C=O) groups excluding carboxylic acids is 2. The molecule has 4 N–H and O–H groups in total. The lowest BCUT2D eigenvalue weighted by Crippen LogP contribution is -2.58. The van der Waals surface area contributed by atoms with Crippen molar-refractivity contribution in [1.82, 2.24) is 9.80 Å². The van der Waals surface area contributed by atoms with Gasteiger partial charge in [0.2, 0.25) is 0 Å². The summed E-state index contributed by atoms with van der Waals surface area (Å²) in [5.74, 6) is -0.337. The Morgan fingerprint density at radius 3 is 2.53 bits per heavy atom. The second-order valence-corrected chi connectivity index (χ2v) is 11.0. The van der Waals surface area contributed by atoms with Crippen molar-refractivity contribution in [3.63, 3.8) is 0 Å². The summed E-state index contributed by atoms with van der Waals surface area (Å²) in [5.41, 5.74) is 1.80. The van der Waals surface area contributed by atoms with E-state index >= 15 is 0 Å². The molecule has 2 amide bonds. The zero-order valence-electron chi connectivity index (χ0n) is 20.7. The smallest absolute Gasteiger partial charge is 0.410 e. The summed E-state index contributed by atoms with van der Waals surface area (Å²) in [6.07, 6.45) is 1.84. The van der Waals surface area contributed by atoms with Crippen LogP contribution < -0.4 is 10.7 Å². The molecule has 1 aromatic rings. The second-order valence-electron chi connectivity index (χ2n) is 9.32. The number of amides is 2. The van der Waals surface area contributed by atoms with Crippen molar-refractivity contribution in [3.8, 4) is 0 Å². The van der Waals surface area contributed by atoms with E-state index in [4.69, 9.17) is 10.1 Å². The van der Waals surface area contributed by atoms with Crippen LogP contribution in [0.15, 0.2) is 35.5 Å². The van der Waals surface area contributed by atoms with E-state index in [9.17, 15) is 18.0 Å². The minimum Gasteiger partial charge on any atom is -0.444 e. The number of nitrogens with two attached hydrogens (primary N) is 1. The standard InChI is InChI=1S/C23H34N4O6S/c1-16-8-7-9-18(12-16)25-21(28)17(2)20(13-24)27-11-10-26(22(29)33-23(3,4)5)14-19(27)15-32-34(6,30)31/h7-9,12-13,19,24H,10-11,14-15H2,1-6H3,(H,25,28)/p+2/b20-17+,24-13?. The van der Waals surface area contributed by atoms with E-state index in [-0.39, 0.29) is 19.1 Å². The average molecular weight is 497 g/mol. The normalized spacial score (nSPS) is 17.6. The van der Waals surface area contributed by atoms with E-state index in [1.54, 1.807) is 33.8 Å². The minimum absolute atomic E-state index is 0.0950. The van der Waals surface area contributed by atoms with E-state index in [2.05, 4.69) is 9.50 Å². The van der Waals surface area contributed by atoms with E-state index in [1.807, 2.05) is 30.0 Å². The summed E-state index contributed by atoms with van der Waals surface area (Å²) in [6, 6.07) is 6.89. The molecule has 0 aliphatic carbocycles. The van der Waals surface area contributed by atoms with Gasteiger partial charge in [-0.25, -0.2) is 4.79 Å². The van der Waals surface area contributed by atoms with Crippen LogP contribution in [0.2, 0.25) is 0 Å². The average Bonchev–Trinajstić information content (AvgIpc) is 2.71. The van der Waals surface area contributed by atoms with Gasteiger partial charge in [-0.1, -0.05) is 12.1 Å². The summed E-state index contributed by atoms with van der Waals surface area (Å²) in [7, 11) is -3.60. The number of allylic oxidation sites excluding steroid dienone is 1. The molecule has 0 radical (unpaired) electrons. The zero-order valence-corrected chi connectivity index (χ0v) is 21.5. The number of rotatable bonds is 7. The highest BCUT2D eigenvalue weighted by atomic mass is 32.2. The van der Waals surface area contributed by atoms with Crippen LogP contribution in [0.3, 0.4) is 0 Å². The van der Waals surface area contributed by atoms with Crippen molar-refractivity contribution in [3.05, 3.63) is 41.1 Å². The highest BCUT2D eigenvalue weighted by Gasteiger charge is 2.36. The first-order valence-electron chi connectivity index (χ1n) is 11.0. The number of anilines is 1. The van der Waals surface area contributed by atoms with Gasteiger partial charge in [0.25, 0.3) is 5.91 Å². The molecule has 188 valence electrons. The molecule has 11 heteroatoms. The molecule has 1 aliphatic rings. The molecular weight excluding hydrogens is 460 g/mol. The van der Waals surface area contributed by atoms with Gasteiger partial charge in [0.1, 0.15) is 23.6 Å². The number of nitrogens with one attached hydrogen (secondary N) is 1. The van der Waals surface area contributed by atoms with Crippen molar-refractivity contribution in [2.45, 2.75) is 46.3 Å². The zero-order chi connectivity index (χ0) is 25.7. The van der Waals surface area contributed by atoms with Crippen LogP contribution >= 0.6 is 0 Å². The van der Waals surface area contributed by atoms with E-state index in [0.717, 1.165) is 11.8 Å². The van der Waals surface area contributed by atoms with Crippen LogP contribution in [0.4, 0.5) is 10.5 Å².